The van der Waals surface area contributed by atoms with Crippen LogP contribution in [0.4, 0.5) is 13.2 Å². The van der Waals surface area contributed by atoms with Gasteiger partial charge in [-0.25, -0.2) is 4.79 Å². The van der Waals surface area contributed by atoms with E-state index in [4.69, 9.17) is 20.4 Å². The quantitative estimate of drug-likeness (QED) is 0.764. The maximum atomic E-state index is 12.1. The molecular formula is C20H22F3NO4. The van der Waals surface area contributed by atoms with E-state index in [1.54, 1.807) is 0 Å². The summed E-state index contributed by atoms with van der Waals surface area (Å²) in [5.41, 5.74) is 7.38. The van der Waals surface area contributed by atoms with Crippen LogP contribution in [0.3, 0.4) is 0 Å². The molecule has 2 atom stereocenters. The molecule has 1 saturated carbocycles. The molecule has 0 bridgehead atoms. The van der Waals surface area contributed by atoms with E-state index in [0.29, 0.717) is 6.42 Å². The molecule has 0 radical (unpaired) electrons. The summed E-state index contributed by atoms with van der Waals surface area (Å²) in [5, 5.41) is 7.12. The molecule has 3 N–H and O–H groups in total. The Hall–Kier alpha value is -2.87. The number of aliphatic carboxylic acids is 1. The van der Waals surface area contributed by atoms with Crippen LogP contribution < -0.4 is 5.73 Å². The van der Waals surface area contributed by atoms with E-state index >= 15 is 0 Å². The van der Waals surface area contributed by atoms with Crippen molar-refractivity contribution in [3.05, 3.63) is 71.8 Å². The number of halogens is 3. The van der Waals surface area contributed by atoms with Gasteiger partial charge in [0.15, 0.2) is 0 Å². The molecule has 1 aliphatic rings. The number of ether oxygens (including phenoxy) is 1. The van der Waals surface area contributed by atoms with Gasteiger partial charge in [-0.05, 0) is 17.5 Å². The van der Waals surface area contributed by atoms with Gasteiger partial charge in [0.05, 0.1) is 0 Å². The van der Waals surface area contributed by atoms with Crippen molar-refractivity contribution in [2.75, 3.05) is 0 Å². The number of carbonyl (C=O) groups is 2. The molecule has 1 aliphatic carbocycles. The number of hydrogen-bond acceptors (Lipinski definition) is 4. The second kappa shape index (κ2) is 9.36. The lowest BCUT2D eigenvalue weighted by Crippen LogP contribution is -2.36. The SMILES string of the molecule is C.N[C@@]1(C(=O)OCc2ccccc2)C[C@@H]1c1ccccc1.O=C(O)C(F)(F)F. The van der Waals surface area contributed by atoms with Gasteiger partial charge >= 0.3 is 18.1 Å². The van der Waals surface area contributed by atoms with Crippen molar-refractivity contribution in [1.29, 1.82) is 0 Å². The van der Waals surface area contributed by atoms with Gasteiger partial charge in [0.1, 0.15) is 12.1 Å². The minimum absolute atomic E-state index is 0. The van der Waals surface area contributed by atoms with Gasteiger partial charge in [0.2, 0.25) is 0 Å². The van der Waals surface area contributed by atoms with Crippen LogP contribution in [0.1, 0.15) is 30.9 Å². The molecule has 1 fully saturated rings. The first-order valence-corrected chi connectivity index (χ1v) is 7.99. The van der Waals surface area contributed by atoms with Gasteiger partial charge < -0.3 is 15.6 Å². The second-order valence-corrected chi connectivity index (χ2v) is 6.07. The normalized spacial score (nSPS) is 20.1. The number of esters is 1. The lowest BCUT2D eigenvalue weighted by molar-refractivity contribution is -0.192. The highest BCUT2D eigenvalue weighted by molar-refractivity contribution is 5.86. The Bertz CT molecular complexity index is 781. The third-order valence-corrected chi connectivity index (χ3v) is 4.04. The van der Waals surface area contributed by atoms with Gasteiger partial charge in [0, 0.05) is 5.92 Å². The van der Waals surface area contributed by atoms with Crippen LogP contribution in [0.2, 0.25) is 0 Å². The topological polar surface area (TPSA) is 89.6 Å². The van der Waals surface area contributed by atoms with E-state index < -0.39 is 17.7 Å². The van der Waals surface area contributed by atoms with E-state index in [2.05, 4.69) is 0 Å². The van der Waals surface area contributed by atoms with E-state index in [1.165, 1.54) is 0 Å². The maximum Gasteiger partial charge on any atom is 0.490 e. The number of carbonyl (C=O) groups excluding carboxylic acids is 1. The molecule has 0 unspecified atom stereocenters. The first kappa shape index (κ1) is 23.2. The Morgan fingerprint density at radius 2 is 1.54 bits per heavy atom. The van der Waals surface area contributed by atoms with Gasteiger partial charge in [-0.1, -0.05) is 68.1 Å². The van der Waals surface area contributed by atoms with Crippen molar-refractivity contribution in [3.63, 3.8) is 0 Å². The number of alkyl halides is 3. The molecule has 0 aromatic heterocycles. The van der Waals surface area contributed by atoms with Gasteiger partial charge in [-0.3, -0.25) is 4.79 Å². The summed E-state index contributed by atoms with van der Waals surface area (Å²) in [6.45, 7) is 0.278. The fraction of sp³-hybridized carbons (Fsp3) is 0.300. The van der Waals surface area contributed by atoms with Gasteiger partial charge in [0.25, 0.3) is 0 Å². The zero-order valence-electron chi connectivity index (χ0n) is 14.1. The Labute approximate surface area is 160 Å². The highest BCUT2D eigenvalue weighted by atomic mass is 19.4. The summed E-state index contributed by atoms with van der Waals surface area (Å²) in [6, 6.07) is 19.5. The predicted octanol–water partition coefficient (Wildman–Crippen LogP) is 3.88. The highest BCUT2D eigenvalue weighted by Gasteiger charge is 2.59. The highest BCUT2D eigenvalue weighted by Crippen LogP contribution is 2.50. The molecule has 28 heavy (non-hydrogen) atoms. The van der Waals surface area contributed by atoms with E-state index in [-0.39, 0.29) is 25.9 Å². The molecule has 0 spiro atoms. The maximum absolute atomic E-state index is 12.1. The summed E-state index contributed by atoms with van der Waals surface area (Å²) in [6.07, 6.45) is -4.43. The Morgan fingerprint density at radius 3 is 2.00 bits per heavy atom. The molecule has 8 heteroatoms. The first-order chi connectivity index (χ1) is 12.6. The number of hydrogen-bond donors (Lipinski definition) is 2. The van der Waals surface area contributed by atoms with Crippen LogP contribution >= 0.6 is 0 Å². The smallest absolute Gasteiger partial charge is 0.475 e. The molecular weight excluding hydrogens is 375 g/mol. The minimum Gasteiger partial charge on any atom is -0.475 e. The van der Waals surface area contributed by atoms with Crippen molar-refractivity contribution < 1.29 is 32.6 Å². The van der Waals surface area contributed by atoms with E-state index in [9.17, 15) is 18.0 Å². The van der Waals surface area contributed by atoms with Crippen LogP contribution in [-0.2, 0) is 20.9 Å². The summed E-state index contributed by atoms with van der Waals surface area (Å²) in [7, 11) is 0. The molecule has 0 aliphatic heterocycles. The fourth-order valence-electron chi connectivity index (χ4n) is 2.46. The fourth-order valence-corrected chi connectivity index (χ4v) is 2.46. The predicted molar refractivity (Wildman–Crippen MR) is 97.4 cm³/mol. The van der Waals surface area contributed by atoms with Crippen LogP contribution in [0.15, 0.2) is 60.7 Å². The summed E-state index contributed by atoms with van der Waals surface area (Å²) < 4.78 is 37.1. The Morgan fingerprint density at radius 1 is 1.07 bits per heavy atom. The number of carboxylic acids is 1. The van der Waals surface area contributed by atoms with E-state index in [0.717, 1.165) is 11.1 Å². The molecule has 3 rings (SSSR count). The lowest BCUT2D eigenvalue weighted by Gasteiger charge is -2.11. The van der Waals surface area contributed by atoms with Crippen molar-refractivity contribution in [3.8, 4) is 0 Å². The first-order valence-electron chi connectivity index (χ1n) is 7.99. The van der Waals surface area contributed by atoms with Gasteiger partial charge in [-0.2, -0.15) is 13.2 Å². The zero-order chi connectivity index (χ0) is 20.1. The van der Waals surface area contributed by atoms with Crippen molar-refractivity contribution >= 4 is 11.9 Å². The summed E-state index contributed by atoms with van der Waals surface area (Å²) >= 11 is 0. The third-order valence-electron chi connectivity index (χ3n) is 4.04. The van der Waals surface area contributed by atoms with Crippen molar-refractivity contribution in [2.45, 2.75) is 38.1 Å². The molecule has 2 aromatic rings. The number of rotatable bonds is 4. The zero-order valence-corrected chi connectivity index (χ0v) is 14.1. The monoisotopic (exact) mass is 397 g/mol. The molecule has 0 heterocycles. The molecule has 0 amide bonds. The largest absolute Gasteiger partial charge is 0.490 e. The van der Waals surface area contributed by atoms with Crippen molar-refractivity contribution in [1.82, 2.24) is 0 Å². The van der Waals surface area contributed by atoms with Crippen LogP contribution in [0.25, 0.3) is 0 Å². The number of benzene rings is 2. The molecule has 2 aromatic carbocycles. The van der Waals surface area contributed by atoms with Crippen LogP contribution in [0.5, 0.6) is 0 Å². The van der Waals surface area contributed by atoms with E-state index in [1.807, 2.05) is 60.7 Å². The molecule has 0 saturated heterocycles. The average Bonchev–Trinajstić information content (AvgIpc) is 3.34. The molecule has 5 nitrogen and oxygen atoms in total. The number of nitrogens with two attached hydrogens (primary N) is 1. The average molecular weight is 397 g/mol. The second-order valence-electron chi connectivity index (χ2n) is 6.07. The van der Waals surface area contributed by atoms with Crippen LogP contribution in [0, 0.1) is 0 Å². The standard InChI is InChI=1S/C17H17NO2.C2HF3O2.CH4/c18-17(11-15(17)14-9-5-2-6-10-14)16(19)20-12-13-7-3-1-4-8-13;3-2(4,5)1(6)7;/h1-10,15H,11-12,18H2;(H,6,7);1H4/t15-,17+;;/m1../s1. The molecule has 152 valence electrons. The minimum atomic E-state index is -5.08. The summed E-state index contributed by atoms with van der Waals surface area (Å²) in [5.74, 6) is -2.99. The van der Waals surface area contributed by atoms with Crippen molar-refractivity contribution in [2.24, 2.45) is 5.73 Å². The van der Waals surface area contributed by atoms with Crippen LogP contribution in [-0.4, -0.2) is 28.8 Å². The lowest BCUT2D eigenvalue weighted by atomic mass is 10.1. The third kappa shape index (κ3) is 6.09. The van der Waals surface area contributed by atoms with Gasteiger partial charge in [-0.15, -0.1) is 0 Å². The Kier molecular flexibility index (Phi) is 7.75. The Balaban J connectivity index is 0.000000425. The summed E-state index contributed by atoms with van der Waals surface area (Å²) in [4.78, 5) is 21.0. The number of carboxylic acid groups (broad SMARTS) is 1.